The molecule has 1 saturated heterocycles. The highest BCUT2D eigenvalue weighted by molar-refractivity contribution is 5.77. The Balaban J connectivity index is 1.79. The van der Waals surface area contributed by atoms with Crippen molar-refractivity contribution in [2.75, 3.05) is 18.0 Å². The maximum absolute atomic E-state index is 12.8. The lowest BCUT2D eigenvalue weighted by Crippen LogP contribution is -2.51. The van der Waals surface area contributed by atoms with Crippen LogP contribution in [0.15, 0.2) is 31.1 Å². The van der Waals surface area contributed by atoms with Crippen LogP contribution in [0.5, 0.6) is 0 Å². The molecule has 0 bridgehead atoms. The first kappa shape index (κ1) is 13.5. The van der Waals surface area contributed by atoms with Crippen molar-refractivity contribution in [1.82, 2.24) is 19.5 Å². The molecule has 7 nitrogen and oxygen atoms in total. The summed E-state index contributed by atoms with van der Waals surface area (Å²) in [5.41, 5.74) is -0.993. The molecule has 0 aromatic carbocycles. The Morgan fingerprint density at radius 3 is 2.48 bits per heavy atom. The Labute approximate surface area is 120 Å². The molecule has 1 aliphatic rings. The van der Waals surface area contributed by atoms with E-state index in [2.05, 4.69) is 15.0 Å². The van der Waals surface area contributed by atoms with Gasteiger partial charge in [0.05, 0.1) is 18.7 Å². The Bertz CT molecular complexity index is 621. The first-order chi connectivity index (χ1) is 10.1. The third-order valence-electron chi connectivity index (χ3n) is 3.88. The summed E-state index contributed by atoms with van der Waals surface area (Å²) in [5.74, 6) is -0.949. The second-order valence-electron chi connectivity index (χ2n) is 5.00. The number of anilines is 1. The highest BCUT2D eigenvalue weighted by Crippen LogP contribution is 2.31. The summed E-state index contributed by atoms with van der Waals surface area (Å²) < 4.78 is 14.5. The minimum Gasteiger partial charge on any atom is -0.479 e. The van der Waals surface area contributed by atoms with Gasteiger partial charge in [0.1, 0.15) is 5.54 Å². The highest BCUT2D eigenvalue weighted by atomic mass is 19.1. The third kappa shape index (κ3) is 2.32. The van der Waals surface area contributed by atoms with Crippen LogP contribution in [0.2, 0.25) is 0 Å². The van der Waals surface area contributed by atoms with E-state index in [0.29, 0.717) is 31.9 Å². The number of carboxylic acid groups (broad SMARTS) is 1. The smallest absolute Gasteiger partial charge is 0.330 e. The molecule has 0 amide bonds. The van der Waals surface area contributed by atoms with Gasteiger partial charge >= 0.3 is 5.97 Å². The summed E-state index contributed by atoms with van der Waals surface area (Å²) >= 11 is 0. The molecule has 0 atom stereocenters. The zero-order valence-corrected chi connectivity index (χ0v) is 11.2. The molecule has 1 fully saturated rings. The largest absolute Gasteiger partial charge is 0.479 e. The number of rotatable bonds is 3. The van der Waals surface area contributed by atoms with Gasteiger partial charge < -0.3 is 14.6 Å². The summed E-state index contributed by atoms with van der Waals surface area (Å²) in [6, 6.07) is 0. The Hall–Kier alpha value is -2.51. The van der Waals surface area contributed by atoms with Crippen LogP contribution in [0.3, 0.4) is 0 Å². The van der Waals surface area contributed by atoms with E-state index in [-0.39, 0.29) is 0 Å². The number of aromatic nitrogens is 4. The predicted octanol–water partition coefficient (Wildman–Crippen LogP) is 0.892. The van der Waals surface area contributed by atoms with Crippen molar-refractivity contribution in [3.05, 3.63) is 36.9 Å². The maximum Gasteiger partial charge on any atom is 0.330 e. The highest BCUT2D eigenvalue weighted by Gasteiger charge is 2.43. The molecule has 2 aromatic heterocycles. The van der Waals surface area contributed by atoms with Crippen molar-refractivity contribution in [2.45, 2.75) is 18.4 Å². The van der Waals surface area contributed by atoms with Crippen LogP contribution in [0.4, 0.5) is 10.3 Å². The number of imidazole rings is 1. The lowest BCUT2D eigenvalue weighted by Gasteiger charge is -2.39. The van der Waals surface area contributed by atoms with Crippen molar-refractivity contribution in [1.29, 1.82) is 0 Å². The first-order valence-electron chi connectivity index (χ1n) is 6.56. The van der Waals surface area contributed by atoms with E-state index in [9.17, 15) is 14.3 Å². The molecule has 0 unspecified atom stereocenters. The van der Waals surface area contributed by atoms with Gasteiger partial charge in [0.2, 0.25) is 5.95 Å². The number of carbonyl (C=O) groups is 1. The lowest BCUT2D eigenvalue weighted by atomic mass is 9.87. The molecule has 21 heavy (non-hydrogen) atoms. The summed E-state index contributed by atoms with van der Waals surface area (Å²) in [6.07, 6.45) is 7.78. The SMILES string of the molecule is O=C(O)C1(n2ccnc2)CCN(c2ncc(F)cn2)CC1. The normalized spacial score (nSPS) is 17.7. The molecule has 2 aromatic rings. The summed E-state index contributed by atoms with van der Waals surface area (Å²) in [7, 11) is 0. The number of nitrogens with zero attached hydrogens (tertiary/aromatic N) is 5. The Morgan fingerprint density at radius 1 is 1.29 bits per heavy atom. The number of piperidine rings is 1. The van der Waals surface area contributed by atoms with Crippen molar-refractivity contribution < 1.29 is 14.3 Å². The van der Waals surface area contributed by atoms with E-state index in [1.807, 2.05) is 4.90 Å². The van der Waals surface area contributed by atoms with Crippen molar-refractivity contribution >= 4 is 11.9 Å². The van der Waals surface area contributed by atoms with Gasteiger partial charge in [-0.3, -0.25) is 0 Å². The minimum atomic E-state index is -0.993. The second-order valence-corrected chi connectivity index (χ2v) is 5.00. The molecule has 0 spiro atoms. The van der Waals surface area contributed by atoms with Gasteiger partial charge in [-0.05, 0) is 12.8 Å². The number of carboxylic acids is 1. The van der Waals surface area contributed by atoms with Gasteiger partial charge in [-0.15, -0.1) is 0 Å². The van der Waals surface area contributed by atoms with Crippen LogP contribution in [0.25, 0.3) is 0 Å². The van der Waals surface area contributed by atoms with Gasteiger partial charge in [-0.25, -0.2) is 24.1 Å². The average molecular weight is 291 g/mol. The first-order valence-corrected chi connectivity index (χ1v) is 6.56. The topological polar surface area (TPSA) is 84.1 Å². The molecule has 0 radical (unpaired) electrons. The van der Waals surface area contributed by atoms with E-state index < -0.39 is 17.3 Å². The number of aliphatic carboxylic acids is 1. The van der Waals surface area contributed by atoms with E-state index in [1.165, 1.54) is 6.33 Å². The molecule has 110 valence electrons. The van der Waals surface area contributed by atoms with E-state index >= 15 is 0 Å². The standard InChI is InChI=1S/C13H14FN5O2/c14-10-7-16-12(17-8-10)18-4-1-13(2-5-18,11(20)21)19-6-3-15-9-19/h3,6-9H,1-2,4-5H2,(H,20,21). The molecule has 0 saturated carbocycles. The Kier molecular flexibility index (Phi) is 3.28. The molecule has 1 aliphatic heterocycles. The molecule has 3 rings (SSSR count). The van der Waals surface area contributed by atoms with Gasteiger partial charge in [0.25, 0.3) is 0 Å². The summed E-state index contributed by atoms with van der Waals surface area (Å²) in [6.45, 7) is 0.965. The fourth-order valence-corrected chi connectivity index (χ4v) is 2.64. The van der Waals surface area contributed by atoms with Crippen molar-refractivity contribution in [2.24, 2.45) is 0 Å². The van der Waals surface area contributed by atoms with Crippen LogP contribution in [-0.2, 0) is 10.3 Å². The lowest BCUT2D eigenvalue weighted by molar-refractivity contribution is -0.148. The molecule has 1 N–H and O–H groups in total. The van der Waals surface area contributed by atoms with Gasteiger partial charge in [0.15, 0.2) is 5.82 Å². The molecular weight excluding hydrogens is 277 g/mol. The molecule has 0 aliphatic carbocycles. The van der Waals surface area contributed by atoms with E-state index in [1.54, 1.807) is 17.0 Å². The number of halogens is 1. The molecule has 3 heterocycles. The van der Waals surface area contributed by atoms with E-state index in [0.717, 1.165) is 12.4 Å². The van der Waals surface area contributed by atoms with Gasteiger partial charge in [-0.2, -0.15) is 0 Å². The fraction of sp³-hybridized carbons (Fsp3) is 0.385. The van der Waals surface area contributed by atoms with Gasteiger partial charge in [0, 0.05) is 25.5 Å². The van der Waals surface area contributed by atoms with Crippen LogP contribution in [-0.4, -0.2) is 43.7 Å². The number of hydrogen-bond donors (Lipinski definition) is 1. The van der Waals surface area contributed by atoms with Crippen molar-refractivity contribution in [3.63, 3.8) is 0 Å². The molecular formula is C13H14FN5O2. The summed E-state index contributed by atoms with van der Waals surface area (Å²) in [4.78, 5) is 25.4. The fourth-order valence-electron chi connectivity index (χ4n) is 2.64. The zero-order chi connectivity index (χ0) is 14.9. The number of hydrogen-bond acceptors (Lipinski definition) is 5. The minimum absolute atomic E-state index is 0.402. The average Bonchev–Trinajstić information content (AvgIpc) is 3.03. The predicted molar refractivity (Wildman–Crippen MR) is 71.3 cm³/mol. The quantitative estimate of drug-likeness (QED) is 0.904. The second kappa shape index (κ2) is 5.12. The van der Waals surface area contributed by atoms with E-state index in [4.69, 9.17) is 0 Å². The maximum atomic E-state index is 12.8. The monoisotopic (exact) mass is 291 g/mol. The van der Waals surface area contributed by atoms with Crippen LogP contribution in [0.1, 0.15) is 12.8 Å². The van der Waals surface area contributed by atoms with Gasteiger partial charge in [-0.1, -0.05) is 0 Å². The summed E-state index contributed by atoms with van der Waals surface area (Å²) in [5, 5.41) is 9.61. The third-order valence-corrected chi connectivity index (χ3v) is 3.88. The Morgan fingerprint density at radius 2 is 1.95 bits per heavy atom. The zero-order valence-electron chi connectivity index (χ0n) is 11.2. The van der Waals surface area contributed by atoms with Crippen LogP contribution < -0.4 is 4.90 Å². The van der Waals surface area contributed by atoms with Crippen LogP contribution in [0, 0.1) is 5.82 Å². The molecule has 8 heteroatoms. The van der Waals surface area contributed by atoms with Crippen LogP contribution >= 0.6 is 0 Å². The van der Waals surface area contributed by atoms with Crippen molar-refractivity contribution in [3.8, 4) is 0 Å².